The molecule has 1 aliphatic heterocycles. The molecule has 1 aromatic heterocycles. The maximum absolute atomic E-state index is 10.8. The average Bonchev–Trinajstić information content (AvgIpc) is 2.55. The zero-order valence-corrected chi connectivity index (χ0v) is 14.2. The number of anilines is 1. The molecule has 0 radical (unpaired) electrons. The molecular weight excluding hydrogens is 362 g/mol. The molecule has 0 N–H and O–H groups in total. The van der Waals surface area contributed by atoms with E-state index in [-0.39, 0.29) is 5.69 Å². The van der Waals surface area contributed by atoms with Gasteiger partial charge in [-0.3, -0.25) is 10.1 Å². The summed E-state index contributed by atoms with van der Waals surface area (Å²) in [6, 6.07) is 11.5. The normalized spacial score (nSPS) is 21.2. The van der Waals surface area contributed by atoms with Crippen molar-refractivity contribution in [2.45, 2.75) is 12.5 Å². The van der Waals surface area contributed by atoms with Gasteiger partial charge in [0.25, 0.3) is 5.69 Å². The van der Waals surface area contributed by atoms with Crippen LogP contribution in [-0.2, 0) is 10.3 Å². The lowest BCUT2D eigenvalue weighted by molar-refractivity contribution is -0.385. The van der Waals surface area contributed by atoms with Crippen molar-refractivity contribution in [2.75, 3.05) is 24.6 Å². The summed E-state index contributed by atoms with van der Waals surface area (Å²) in [5.74, 6) is 0.695. The summed E-state index contributed by atoms with van der Waals surface area (Å²) in [6.45, 7) is 3.93. The van der Waals surface area contributed by atoms with E-state index in [0.717, 1.165) is 5.56 Å². The largest absolute Gasteiger partial charge is 0.367 e. The van der Waals surface area contributed by atoms with E-state index in [2.05, 4.69) is 25.8 Å². The van der Waals surface area contributed by atoms with Gasteiger partial charge in [-0.15, -0.1) is 0 Å². The number of nitrogens with zero attached hydrogens (tertiary/aromatic N) is 3. The highest BCUT2D eigenvalue weighted by atomic mass is 79.9. The predicted octanol–water partition coefficient (Wildman–Crippen LogP) is 3.50. The molecule has 0 saturated carbocycles. The van der Waals surface area contributed by atoms with E-state index in [1.165, 1.54) is 12.3 Å². The van der Waals surface area contributed by atoms with Crippen LogP contribution in [0.4, 0.5) is 11.5 Å². The number of rotatable bonds is 3. The molecule has 0 spiro atoms. The number of benzene rings is 1. The Labute approximate surface area is 142 Å². The standard InChI is InChI=1S/C16H16BrN3O3/c1-16(12-5-3-2-4-6-12)11-19(7-8-23-16)15-14(17)9-13(10-18-15)20(21)22/h2-6,9-10H,7-8,11H2,1H3. The molecule has 1 saturated heterocycles. The maximum Gasteiger partial charge on any atom is 0.288 e. The van der Waals surface area contributed by atoms with Crippen molar-refractivity contribution in [1.82, 2.24) is 4.98 Å². The van der Waals surface area contributed by atoms with Gasteiger partial charge in [0.2, 0.25) is 0 Å². The van der Waals surface area contributed by atoms with E-state index in [0.29, 0.717) is 30.0 Å². The number of halogens is 1. The lowest BCUT2D eigenvalue weighted by Crippen LogP contribution is -2.48. The van der Waals surface area contributed by atoms with Crippen LogP contribution in [0.3, 0.4) is 0 Å². The van der Waals surface area contributed by atoms with Crippen LogP contribution in [0.1, 0.15) is 12.5 Å². The van der Waals surface area contributed by atoms with Crippen molar-refractivity contribution in [3.05, 3.63) is 62.7 Å². The van der Waals surface area contributed by atoms with Gasteiger partial charge in [-0.05, 0) is 28.4 Å². The van der Waals surface area contributed by atoms with E-state index in [1.807, 2.05) is 37.3 Å². The molecule has 7 heteroatoms. The van der Waals surface area contributed by atoms with Gasteiger partial charge < -0.3 is 9.64 Å². The van der Waals surface area contributed by atoms with Crippen molar-refractivity contribution in [3.8, 4) is 0 Å². The van der Waals surface area contributed by atoms with Gasteiger partial charge in [-0.2, -0.15) is 0 Å². The fraction of sp³-hybridized carbons (Fsp3) is 0.312. The van der Waals surface area contributed by atoms with Crippen molar-refractivity contribution in [3.63, 3.8) is 0 Å². The number of morpholine rings is 1. The van der Waals surface area contributed by atoms with Crippen molar-refractivity contribution >= 4 is 27.4 Å². The first kappa shape index (κ1) is 15.9. The SMILES string of the molecule is CC1(c2ccccc2)CN(c2ncc([N+](=O)[O-])cc2Br)CCO1. The van der Waals surface area contributed by atoms with Crippen LogP contribution in [0.15, 0.2) is 47.1 Å². The number of ether oxygens (including phenoxy) is 1. The minimum Gasteiger partial charge on any atom is -0.367 e. The number of hydrogen-bond acceptors (Lipinski definition) is 5. The van der Waals surface area contributed by atoms with Gasteiger partial charge in [0.15, 0.2) is 0 Å². The molecule has 1 fully saturated rings. The summed E-state index contributed by atoms with van der Waals surface area (Å²) in [7, 11) is 0. The molecule has 120 valence electrons. The Morgan fingerprint density at radius 2 is 2.13 bits per heavy atom. The molecule has 3 rings (SSSR count). The molecule has 1 aliphatic rings. The van der Waals surface area contributed by atoms with Crippen molar-refractivity contribution in [1.29, 1.82) is 0 Å². The second-order valence-corrected chi connectivity index (χ2v) is 6.48. The third kappa shape index (κ3) is 3.20. The molecule has 1 aromatic carbocycles. The highest BCUT2D eigenvalue weighted by Crippen LogP contribution is 2.34. The van der Waals surface area contributed by atoms with Gasteiger partial charge in [0, 0.05) is 12.6 Å². The Morgan fingerprint density at radius 1 is 1.39 bits per heavy atom. The fourth-order valence-corrected chi connectivity index (χ4v) is 3.36. The second-order valence-electron chi connectivity index (χ2n) is 5.62. The third-order valence-corrected chi connectivity index (χ3v) is 4.56. The van der Waals surface area contributed by atoms with Gasteiger partial charge in [0.05, 0.1) is 22.5 Å². The number of pyridine rings is 1. The summed E-state index contributed by atoms with van der Waals surface area (Å²) in [6.07, 6.45) is 1.29. The number of aromatic nitrogens is 1. The van der Waals surface area contributed by atoms with Crippen LogP contribution in [0.5, 0.6) is 0 Å². The molecule has 0 amide bonds. The zero-order chi connectivity index (χ0) is 16.4. The highest BCUT2D eigenvalue weighted by Gasteiger charge is 2.35. The Kier molecular flexibility index (Phi) is 4.32. The molecule has 0 aliphatic carbocycles. The monoisotopic (exact) mass is 377 g/mol. The van der Waals surface area contributed by atoms with E-state index >= 15 is 0 Å². The Morgan fingerprint density at radius 3 is 2.78 bits per heavy atom. The molecule has 23 heavy (non-hydrogen) atoms. The highest BCUT2D eigenvalue weighted by molar-refractivity contribution is 9.10. The molecular formula is C16H16BrN3O3. The zero-order valence-electron chi connectivity index (χ0n) is 12.6. The van der Waals surface area contributed by atoms with Gasteiger partial charge in [0.1, 0.15) is 17.6 Å². The summed E-state index contributed by atoms with van der Waals surface area (Å²) < 4.78 is 6.63. The van der Waals surface area contributed by atoms with Crippen LogP contribution >= 0.6 is 15.9 Å². The lowest BCUT2D eigenvalue weighted by atomic mass is 9.94. The third-order valence-electron chi connectivity index (χ3n) is 3.98. The summed E-state index contributed by atoms with van der Waals surface area (Å²) in [5.41, 5.74) is 0.630. The minimum atomic E-state index is -0.449. The summed E-state index contributed by atoms with van der Waals surface area (Å²) in [4.78, 5) is 16.7. The Bertz CT molecular complexity index is 726. The quantitative estimate of drug-likeness (QED) is 0.604. The fourth-order valence-electron chi connectivity index (χ4n) is 2.77. The topological polar surface area (TPSA) is 68.5 Å². The molecule has 6 nitrogen and oxygen atoms in total. The Balaban J connectivity index is 1.88. The van der Waals surface area contributed by atoms with Crippen LogP contribution < -0.4 is 4.90 Å². The van der Waals surface area contributed by atoms with Crippen molar-refractivity contribution < 1.29 is 9.66 Å². The van der Waals surface area contributed by atoms with E-state index in [4.69, 9.17) is 4.74 Å². The van der Waals surface area contributed by atoms with Crippen molar-refractivity contribution in [2.24, 2.45) is 0 Å². The van der Waals surface area contributed by atoms with Crippen LogP contribution in [0, 0.1) is 10.1 Å². The molecule has 0 bridgehead atoms. The second kappa shape index (κ2) is 6.25. The van der Waals surface area contributed by atoms with Gasteiger partial charge >= 0.3 is 0 Å². The molecule has 2 aromatic rings. The molecule has 1 unspecified atom stereocenters. The summed E-state index contributed by atoms with van der Waals surface area (Å²) >= 11 is 3.40. The Hall–Kier alpha value is -1.99. The van der Waals surface area contributed by atoms with E-state index in [9.17, 15) is 10.1 Å². The summed E-state index contributed by atoms with van der Waals surface area (Å²) in [5, 5.41) is 10.8. The smallest absolute Gasteiger partial charge is 0.288 e. The van der Waals surface area contributed by atoms with E-state index < -0.39 is 10.5 Å². The first-order valence-electron chi connectivity index (χ1n) is 7.24. The van der Waals surface area contributed by atoms with E-state index in [1.54, 1.807) is 0 Å². The first-order chi connectivity index (χ1) is 11.0. The van der Waals surface area contributed by atoms with Crippen LogP contribution in [-0.4, -0.2) is 29.6 Å². The lowest BCUT2D eigenvalue weighted by Gasteiger charge is -2.41. The maximum atomic E-state index is 10.8. The number of hydrogen-bond donors (Lipinski definition) is 0. The van der Waals surface area contributed by atoms with Gasteiger partial charge in [-0.1, -0.05) is 30.3 Å². The molecule has 2 heterocycles. The first-order valence-corrected chi connectivity index (χ1v) is 8.03. The predicted molar refractivity (Wildman–Crippen MR) is 90.6 cm³/mol. The minimum absolute atomic E-state index is 0.0281. The van der Waals surface area contributed by atoms with Gasteiger partial charge in [-0.25, -0.2) is 4.98 Å². The number of nitro groups is 1. The van der Waals surface area contributed by atoms with Crippen LogP contribution in [0.2, 0.25) is 0 Å². The van der Waals surface area contributed by atoms with Crippen LogP contribution in [0.25, 0.3) is 0 Å². The molecule has 1 atom stereocenters. The average molecular weight is 378 g/mol.